The molecule has 1 amide bonds. The SMILES string of the molecule is COCCNC(=O)Cc1csc(-c2cccc(N)c2)n1. The highest BCUT2D eigenvalue weighted by Crippen LogP contribution is 2.25. The van der Waals surface area contributed by atoms with Crippen LogP contribution in [0.1, 0.15) is 5.69 Å². The second-order valence-corrected chi connectivity index (χ2v) is 5.15. The smallest absolute Gasteiger partial charge is 0.226 e. The summed E-state index contributed by atoms with van der Waals surface area (Å²) in [6, 6.07) is 7.56. The van der Waals surface area contributed by atoms with Gasteiger partial charge in [-0.3, -0.25) is 4.79 Å². The van der Waals surface area contributed by atoms with Crippen LogP contribution in [0.5, 0.6) is 0 Å². The molecule has 6 heteroatoms. The number of carbonyl (C=O) groups excluding carboxylic acids is 1. The fourth-order valence-electron chi connectivity index (χ4n) is 1.71. The largest absolute Gasteiger partial charge is 0.399 e. The van der Waals surface area contributed by atoms with Crippen molar-refractivity contribution in [3.05, 3.63) is 35.3 Å². The number of rotatable bonds is 6. The third-order valence-corrected chi connectivity index (χ3v) is 3.60. The highest BCUT2D eigenvalue weighted by Gasteiger charge is 2.08. The predicted molar refractivity (Wildman–Crippen MR) is 80.6 cm³/mol. The van der Waals surface area contributed by atoms with E-state index in [1.807, 2.05) is 29.6 Å². The van der Waals surface area contributed by atoms with Gasteiger partial charge in [-0.2, -0.15) is 0 Å². The maximum atomic E-state index is 11.7. The van der Waals surface area contributed by atoms with Gasteiger partial charge in [-0.05, 0) is 12.1 Å². The molecule has 2 rings (SSSR count). The number of amides is 1. The van der Waals surface area contributed by atoms with Gasteiger partial charge in [-0.1, -0.05) is 12.1 Å². The average molecular weight is 291 g/mol. The van der Waals surface area contributed by atoms with Crippen LogP contribution in [0.15, 0.2) is 29.6 Å². The number of methoxy groups -OCH3 is 1. The number of nitrogens with two attached hydrogens (primary N) is 1. The Labute approximate surface area is 121 Å². The van der Waals surface area contributed by atoms with E-state index in [1.165, 1.54) is 11.3 Å². The molecule has 0 fully saturated rings. The zero-order chi connectivity index (χ0) is 14.4. The lowest BCUT2D eigenvalue weighted by Crippen LogP contribution is -2.28. The topological polar surface area (TPSA) is 77.2 Å². The summed E-state index contributed by atoms with van der Waals surface area (Å²) in [6.45, 7) is 1.03. The summed E-state index contributed by atoms with van der Waals surface area (Å²) in [4.78, 5) is 16.1. The van der Waals surface area contributed by atoms with E-state index in [0.717, 1.165) is 16.3 Å². The van der Waals surface area contributed by atoms with Crippen LogP contribution in [0.3, 0.4) is 0 Å². The summed E-state index contributed by atoms with van der Waals surface area (Å²) in [5.74, 6) is -0.0496. The summed E-state index contributed by atoms with van der Waals surface area (Å²) in [6.07, 6.45) is 0.280. The Morgan fingerprint density at radius 3 is 3.10 bits per heavy atom. The Morgan fingerprint density at radius 1 is 1.50 bits per heavy atom. The number of nitrogens with zero attached hydrogens (tertiary/aromatic N) is 1. The normalized spacial score (nSPS) is 10.4. The molecule has 0 spiro atoms. The van der Waals surface area contributed by atoms with Crippen molar-refractivity contribution in [2.24, 2.45) is 0 Å². The van der Waals surface area contributed by atoms with E-state index in [2.05, 4.69) is 10.3 Å². The fourth-order valence-corrected chi connectivity index (χ4v) is 2.53. The van der Waals surface area contributed by atoms with Crippen LogP contribution in [-0.4, -0.2) is 31.2 Å². The van der Waals surface area contributed by atoms with Crippen molar-refractivity contribution in [1.29, 1.82) is 0 Å². The molecule has 3 N–H and O–H groups in total. The van der Waals surface area contributed by atoms with Gasteiger partial charge < -0.3 is 15.8 Å². The third kappa shape index (κ3) is 4.04. The van der Waals surface area contributed by atoms with E-state index in [4.69, 9.17) is 10.5 Å². The lowest BCUT2D eigenvalue weighted by Gasteiger charge is -2.02. The number of nitrogen functional groups attached to an aromatic ring is 1. The van der Waals surface area contributed by atoms with Gasteiger partial charge in [-0.25, -0.2) is 4.98 Å². The van der Waals surface area contributed by atoms with E-state index in [-0.39, 0.29) is 12.3 Å². The number of aromatic nitrogens is 1. The lowest BCUT2D eigenvalue weighted by molar-refractivity contribution is -0.120. The molecule has 1 aromatic carbocycles. The minimum absolute atomic E-state index is 0.0496. The number of thiazole rings is 1. The molecule has 0 saturated carbocycles. The van der Waals surface area contributed by atoms with Gasteiger partial charge in [0.1, 0.15) is 5.01 Å². The van der Waals surface area contributed by atoms with Gasteiger partial charge in [-0.15, -0.1) is 11.3 Å². The second kappa shape index (κ2) is 7.02. The monoisotopic (exact) mass is 291 g/mol. The van der Waals surface area contributed by atoms with Crippen molar-refractivity contribution >= 4 is 22.9 Å². The number of hydrogen-bond donors (Lipinski definition) is 2. The molecular formula is C14H17N3O2S. The molecule has 5 nitrogen and oxygen atoms in total. The van der Waals surface area contributed by atoms with Crippen molar-refractivity contribution in [2.45, 2.75) is 6.42 Å². The standard InChI is InChI=1S/C14H17N3O2S/c1-19-6-5-16-13(18)8-12-9-20-14(17-12)10-3-2-4-11(15)7-10/h2-4,7,9H,5-6,8,15H2,1H3,(H,16,18). The van der Waals surface area contributed by atoms with Crippen LogP contribution in [0.2, 0.25) is 0 Å². The van der Waals surface area contributed by atoms with E-state index in [9.17, 15) is 4.79 Å². The van der Waals surface area contributed by atoms with Crippen LogP contribution < -0.4 is 11.1 Å². The number of carbonyl (C=O) groups is 1. The number of hydrogen-bond acceptors (Lipinski definition) is 5. The van der Waals surface area contributed by atoms with E-state index >= 15 is 0 Å². The molecule has 0 aliphatic carbocycles. The minimum Gasteiger partial charge on any atom is -0.399 e. The van der Waals surface area contributed by atoms with Gasteiger partial charge in [0.25, 0.3) is 0 Å². The first-order valence-electron chi connectivity index (χ1n) is 6.25. The van der Waals surface area contributed by atoms with Gasteiger partial charge in [0.05, 0.1) is 18.7 Å². The minimum atomic E-state index is -0.0496. The Hall–Kier alpha value is -1.92. The number of anilines is 1. The highest BCUT2D eigenvalue weighted by molar-refractivity contribution is 7.13. The van der Waals surface area contributed by atoms with Crippen LogP contribution in [0, 0.1) is 0 Å². The quantitative estimate of drug-likeness (QED) is 0.627. The summed E-state index contributed by atoms with van der Waals surface area (Å²) < 4.78 is 4.88. The van der Waals surface area contributed by atoms with Crippen molar-refractivity contribution in [3.8, 4) is 10.6 Å². The van der Waals surface area contributed by atoms with Crippen LogP contribution in [0.25, 0.3) is 10.6 Å². The molecule has 2 aromatic rings. The first-order valence-corrected chi connectivity index (χ1v) is 7.13. The molecule has 0 bridgehead atoms. The fraction of sp³-hybridized carbons (Fsp3) is 0.286. The highest BCUT2D eigenvalue weighted by atomic mass is 32.1. The maximum Gasteiger partial charge on any atom is 0.226 e. The molecule has 1 aromatic heterocycles. The number of ether oxygens (including phenoxy) is 1. The Morgan fingerprint density at radius 2 is 2.35 bits per heavy atom. The van der Waals surface area contributed by atoms with E-state index in [1.54, 1.807) is 7.11 Å². The molecule has 0 unspecified atom stereocenters. The summed E-state index contributed by atoms with van der Waals surface area (Å²) >= 11 is 1.51. The molecule has 0 radical (unpaired) electrons. The van der Waals surface area contributed by atoms with Crippen molar-refractivity contribution in [3.63, 3.8) is 0 Å². The van der Waals surface area contributed by atoms with E-state index in [0.29, 0.717) is 18.8 Å². The van der Waals surface area contributed by atoms with Gasteiger partial charge in [0, 0.05) is 30.3 Å². The number of benzene rings is 1. The summed E-state index contributed by atoms with van der Waals surface area (Å²) in [5.41, 5.74) is 8.20. The summed E-state index contributed by atoms with van der Waals surface area (Å²) in [7, 11) is 1.60. The van der Waals surface area contributed by atoms with Crippen molar-refractivity contribution in [1.82, 2.24) is 10.3 Å². The molecule has 0 aliphatic heterocycles. The first kappa shape index (κ1) is 14.5. The molecule has 106 valence electrons. The van der Waals surface area contributed by atoms with Gasteiger partial charge >= 0.3 is 0 Å². The maximum absolute atomic E-state index is 11.7. The molecule has 0 aliphatic rings. The van der Waals surface area contributed by atoms with E-state index < -0.39 is 0 Å². The molecule has 20 heavy (non-hydrogen) atoms. The molecule has 1 heterocycles. The number of nitrogens with one attached hydrogen (secondary N) is 1. The summed E-state index contributed by atoms with van der Waals surface area (Å²) in [5, 5.41) is 5.54. The van der Waals surface area contributed by atoms with Gasteiger partial charge in [0.15, 0.2) is 0 Å². The zero-order valence-corrected chi connectivity index (χ0v) is 12.1. The Balaban J connectivity index is 1.97. The molecule has 0 atom stereocenters. The molecule has 0 saturated heterocycles. The third-order valence-electron chi connectivity index (χ3n) is 2.66. The second-order valence-electron chi connectivity index (χ2n) is 4.29. The Bertz CT molecular complexity index is 583. The van der Waals surface area contributed by atoms with Crippen LogP contribution >= 0.6 is 11.3 Å². The van der Waals surface area contributed by atoms with Crippen LogP contribution in [0.4, 0.5) is 5.69 Å². The Kier molecular flexibility index (Phi) is 5.09. The first-order chi connectivity index (χ1) is 9.69. The van der Waals surface area contributed by atoms with Crippen molar-refractivity contribution < 1.29 is 9.53 Å². The van der Waals surface area contributed by atoms with Crippen molar-refractivity contribution in [2.75, 3.05) is 26.0 Å². The lowest BCUT2D eigenvalue weighted by atomic mass is 10.2. The zero-order valence-electron chi connectivity index (χ0n) is 11.3. The van der Waals surface area contributed by atoms with Gasteiger partial charge in [0.2, 0.25) is 5.91 Å². The molecular weight excluding hydrogens is 274 g/mol. The average Bonchev–Trinajstić information content (AvgIpc) is 2.87. The van der Waals surface area contributed by atoms with Crippen LogP contribution in [-0.2, 0) is 16.0 Å². The predicted octanol–water partition coefficient (Wildman–Crippen LogP) is 1.70.